The number of nitrogens with zero attached hydrogens (tertiary/aromatic N) is 3. The highest BCUT2D eigenvalue weighted by atomic mass is 16.3. The lowest BCUT2D eigenvalue weighted by Gasteiger charge is -2.10. The molecule has 5 nitrogen and oxygen atoms in total. The normalized spacial score (nSPS) is 12.0. The average molecular weight is 708 g/mol. The van der Waals surface area contributed by atoms with E-state index in [1.54, 1.807) is 6.08 Å². The molecule has 0 aliphatic carbocycles. The second-order valence-electron chi connectivity index (χ2n) is 13.5. The molecule has 0 aliphatic rings. The Kier molecular flexibility index (Phi) is 7.96. The summed E-state index contributed by atoms with van der Waals surface area (Å²) in [6.07, 6.45) is 10.6. The lowest BCUT2D eigenvalue weighted by Crippen LogP contribution is -2.00. The second kappa shape index (κ2) is 13.6. The number of allylic oxidation sites excluding steroid dienone is 5. The minimum Gasteiger partial charge on any atom is -0.456 e. The monoisotopic (exact) mass is 707 g/mol. The summed E-state index contributed by atoms with van der Waals surface area (Å²) in [6, 6.07) is 49.9. The van der Waals surface area contributed by atoms with Crippen molar-refractivity contribution in [2.24, 2.45) is 0 Å². The molecule has 0 atom stereocenters. The zero-order valence-corrected chi connectivity index (χ0v) is 29.8. The maximum atomic E-state index is 6.87. The number of hydrogen-bond donors (Lipinski definition) is 0. The predicted octanol–water partition coefficient (Wildman–Crippen LogP) is 13.3. The molecule has 0 spiro atoms. The van der Waals surface area contributed by atoms with E-state index in [1.165, 1.54) is 5.56 Å². The maximum absolute atomic E-state index is 6.87. The van der Waals surface area contributed by atoms with Crippen LogP contribution in [0.1, 0.15) is 5.56 Å². The summed E-state index contributed by atoms with van der Waals surface area (Å²) in [6.45, 7) is 3.73. The molecule has 55 heavy (non-hydrogen) atoms. The van der Waals surface area contributed by atoms with Crippen LogP contribution in [0.3, 0.4) is 0 Å². The minimum atomic E-state index is 0.581. The molecule has 0 bridgehead atoms. The molecule has 7 aromatic carbocycles. The molecule has 260 valence electrons. The van der Waals surface area contributed by atoms with Gasteiger partial charge in [-0.05, 0) is 41.0 Å². The Bertz CT molecular complexity index is 3130. The molecular formula is C50H33N3O2. The molecule has 10 rings (SSSR count). The SMILES string of the molecule is C=C/C=C\C=C/Cc1ccc(-c2nc(-c3ccccc3)nc(-c3cccc4oc5c(-c6c7ccccc7cc7oc8ccccc8c67)cccc5c34)n2)cc1. The van der Waals surface area contributed by atoms with Gasteiger partial charge in [-0.2, -0.15) is 0 Å². The van der Waals surface area contributed by atoms with Crippen molar-refractivity contribution in [1.29, 1.82) is 0 Å². The zero-order valence-electron chi connectivity index (χ0n) is 29.8. The van der Waals surface area contributed by atoms with Gasteiger partial charge < -0.3 is 8.83 Å². The molecule has 3 heterocycles. The van der Waals surface area contributed by atoms with Crippen LogP contribution in [0.25, 0.3) is 99.9 Å². The van der Waals surface area contributed by atoms with Crippen LogP contribution < -0.4 is 0 Å². The van der Waals surface area contributed by atoms with E-state index in [2.05, 4.69) is 104 Å². The Hall–Kier alpha value is -7.37. The minimum absolute atomic E-state index is 0.581. The van der Waals surface area contributed by atoms with Crippen molar-refractivity contribution in [2.75, 3.05) is 0 Å². The van der Waals surface area contributed by atoms with Crippen molar-refractivity contribution < 1.29 is 8.83 Å². The number of hydrogen-bond acceptors (Lipinski definition) is 5. The molecular weight excluding hydrogens is 675 g/mol. The van der Waals surface area contributed by atoms with Crippen molar-refractivity contribution >= 4 is 54.6 Å². The van der Waals surface area contributed by atoms with Crippen LogP contribution in [0.4, 0.5) is 0 Å². The van der Waals surface area contributed by atoms with Crippen molar-refractivity contribution in [3.05, 3.63) is 188 Å². The molecule has 0 aliphatic heterocycles. The number of para-hydroxylation sites is 2. The van der Waals surface area contributed by atoms with Crippen molar-refractivity contribution in [1.82, 2.24) is 15.0 Å². The van der Waals surface area contributed by atoms with Crippen LogP contribution in [0.2, 0.25) is 0 Å². The number of benzene rings is 7. The van der Waals surface area contributed by atoms with Crippen LogP contribution in [-0.2, 0) is 6.42 Å². The van der Waals surface area contributed by atoms with E-state index in [4.69, 9.17) is 23.8 Å². The average Bonchev–Trinajstić information content (AvgIpc) is 3.82. The Morgan fingerprint density at radius 1 is 0.491 bits per heavy atom. The number of fused-ring (bicyclic) bond motifs is 7. The standard InChI is InChI=1S/C50H33N3O2/c1-2-3-4-5-7-16-32-27-29-34(30-28-32)49-51-48(33-17-8-6-9-18-33)52-50(53-49)40-24-15-26-42-44(40)38-22-14-23-39(47(38)55-42)45-36-20-11-10-19-35(36)31-43-46(45)37-21-12-13-25-41(37)54-43/h2-15,17-31H,1,16H2/b4-3-,7-5-. The van der Waals surface area contributed by atoms with Crippen LogP contribution >= 0.6 is 0 Å². The summed E-state index contributed by atoms with van der Waals surface area (Å²) in [5.41, 5.74) is 9.26. The van der Waals surface area contributed by atoms with E-state index in [-0.39, 0.29) is 0 Å². The molecule has 0 unspecified atom stereocenters. The molecule has 3 aromatic heterocycles. The molecule has 0 fully saturated rings. The van der Waals surface area contributed by atoms with E-state index in [0.29, 0.717) is 17.5 Å². The fourth-order valence-electron chi connectivity index (χ4n) is 7.62. The van der Waals surface area contributed by atoms with Gasteiger partial charge in [-0.3, -0.25) is 0 Å². The summed E-state index contributed by atoms with van der Waals surface area (Å²) in [7, 11) is 0. The smallest absolute Gasteiger partial charge is 0.164 e. The summed E-state index contributed by atoms with van der Waals surface area (Å²) >= 11 is 0. The highest BCUT2D eigenvalue weighted by Gasteiger charge is 2.23. The van der Waals surface area contributed by atoms with Gasteiger partial charge in [0, 0.05) is 49.4 Å². The van der Waals surface area contributed by atoms with Gasteiger partial charge in [-0.15, -0.1) is 0 Å². The highest BCUT2D eigenvalue weighted by molar-refractivity contribution is 6.24. The van der Waals surface area contributed by atoms with Crippen LogP contribution in [0.5, 0.6) is 0 Å². The van der Waals surface area contributed by atoms with E-state index in [9.17, 15) is 0 Å². The summed E-state index contributed by atoms with van der Waals surface area (Å²) < 4.78 is 13.3. The quantitative estimate of drug-likeness (QED) is 0.147. The maximum Gasteiger partial charge on any atom is 0.164 e. The zero-order chi connectivity index (χ0) is 36.7. The largest absolute Gasteiger partial charge is 0.456 e. The molecule has 0 radical (unpaired) electrons. The van der Waals surface area contributed by atoms with Crippen LogP contribution in [0.15, 0.2) is 191 Å². The Morgan fingerprint density at radius 2 is 1.16 bits per heavy atom. The molecule has 0 amide bonds. The third-order valence-electron chi connectivity index (χ3n) is 10.1. The Balaban J connectivity index is 1.17. The van der Waals surface area contributed by atoms with Gasteiger partial charge in [0.05, 0.1) is 0 Å². The van der Waals surface area contributed by atoms with Gasteiger partial charge in [0.1, 0.15) is 22.3 Å². The third kappa shape index (κ3) is 5.70. The van der Waals surface area contributed by atoms with Crippen LogP contribution in [-0.4, -0.2) is 15.0 Å². The van der Waals surface area contributed by atoms with Gasteiger partial charge in [0.15, 0.2) is 17.5 Å². The van der Waals surface area contributed by atoms with Gasteiger partial charge >= 0.3 is 0 Å². The van der Waals surface area contributed by atoms with Crippen molar-refractivity contribution in [3.63, 3.8) is 0 Å². The third-order valence-corrected chi connectivity index (χ3v) is 10.1. The fourth-order valence-corrected chi connectivity index (χ4v) is 7.62. The first kappa shape index (κ1) is 32.3. The summed E-state index contributed by atoms with van der Waals surface area (Å²) in [4.78, 5) is 15.3. The molecule has 0 N–H and O–H groups in total. The first-order valence-electron chi connectivity index (χ1n) is 18.4. The van der Waals surface area contributed by atoms with Gasteiger partial charge in [-0.25, -0.2) is 15.0 Å². The highest BCUT2D eigenvalue weighted by Crippen LogP contribution is 2.46. The number of rotatable bonds is 8. The lowest BCUT2D eigenvalue weighted by molar-refractivity contribution is 0.669. The van der Waals surface area contributed by atoms with Crippen molar-refractivity contribution in [2.45, 2.75) is 6.42 Å². The molecule has 0 saturated carbocycles. The lowest BCUT2D eigenvalue weighted by atomic mass is 9.92. The Labute approximate surface area is 317 Å². The number of aromatic nitrogens is 3. The second-order valence-corrected chi connectivity index (χ2v) is 13.5. The van der Waals surface area contributed by atoms with Gasteiger partial charge in [0.25, 0.3) is 0 Å². The topological polar surface area (TPSA) is 65.0 Å². The van der Waals surface area contributed by atoms with E-state index in [1.807, 2.05) is 72.8 Å². The van der Waals surface area contributed by atoms with E-state index >= 15 is 0 Å². The summed E-state index contributed by atoms with van der Waals surface area (Å²) in [5, 5.41) is 6.33. The predicted molar refractivity (Wildman–Crippen MR) is 226 cm³/mol. The van der Waals surface area contributed by atoms with E-state index < -0.39 is 0 Å². The Morgan fingerprint density at radius 3 is 2.00 bits per heavy atom. The molecule has 5 heteroatoms. The van der Waals surface area contributed by atoms with E-state index in [0.717, 1.165) is 88.9 Å². The first-order chi connectivity index (χ1) is 27.2. The number of furan rings is 2. The molecule has 0 saturated heterocycles. The molecule has 10 aromatic rings. The summed E-state index contributed by atoms with van der Waals surface area (Å²) in [5.74, 6) is 1.80. The first-order valence-corrected chi connectivity index (χ1v) is 18.4. The fraction of sp³-hybridized carbons (Fsp3) is 0.0200. The van der Waals surface area contributed by atoms with Gasteiger partial charge in [0.2, 0.25) is 0 Å². The van der Waals surface area contributed by atoms with Crippen molar-refractivity contribution in [3.8, 4) is 45.3 Å². The van der Waals surface area contributed by atoms with Crippen LogP contribution in [0, 0.1) is 0 Å². The van der Waals surface area contributed by atoms with Gasteiger partial charge in [-0.1, -0.05) is 164 Å².